The molecule has 0 amide bonds. The Balaban J connectivity index is 1.47. The number of ether oxygens (including phenoxy) is 1. The topological polar surface area (TPSA) is 105 Å². The minimum absolute atomic E-state index is 0.0113. The summed E-state index contributed by atoms with van der Waals surface area (Å²) in [5, 5.41) is 23.9. The summed E-state index contributed by atoms with van der Waals surface area (Å²) in [6.07, 6.45) is 7.39. The Morgan fingerprint density at radius 1 is 1.10 bits per heavy atom. The Morgan fingerprint density at radius 3 is 2.51 bits per heavy atom. The first-order valence-corrected chi connectivity index (χ1v) is 14.8. The Morgan fingerprint density at radius 2 is 1.83 bits per heavy atom. The van der Waals surface area contributed by atoms with Gasteiger partial charge in [-0.25, -0.2) is 4.52 Å². The standard InChI is InChI=1S/C33H39N5O3/c1-4-5-10-31-30(19-24-11-13-25(14-12-24)29-9-7-6-8-26(29)20-34)32(40)37(33-35-21-36-38(31)33)27-15-17-28(18-16-27)41-23(3)22(2)39/h6-9,11-14,21-23,27-28,39H,4-5,10,15-19H2,1-3H3/t22?,23?,27-,28-. The summed E-state index contributed by atoms with van der Waals surface area (Å²) in [6.45, 7) is 5.80. The van der Waals surface area contributed by atoms with E-state index in [-0.39, 0.29) is 23.8 Å². The van der Waals surface area contributed by atoms with Crippen molar-refractivity contribution in [1.29, 1.82) is 5.26 Å². The summed E-state index contributed by atoms with van der Waals surface area (Å²) >= 11 is 0. The summed E-state index contributed by atoms with van der Waals surface area (Å²) in [4.78, 5) is 18.8. The first-order chi connectivity index (χ1) is 19.9. The molecule has 2 unspecified atom stereocenters. The number of hydrogen-bond acceptors (Lipinski definition) is 6. The van der Waals surface area contributed by atoms with Gasteiger partial charge in [0.05, 0.1) is 35.6 Å². The molecule has 0 radical (unpaired) electrons. The Bertz CT molecular complexity index is 1570. The fraction of sp³-hybridized carbons (Fsp3) is 0.455. The molecular formula is C33H39N5O3. The van der Waals surface area contributed by atoms with Gasteiger partial charge in [-0.1, -0.05) is 55.8 Å². The van der Waals surface area contributed by atoms with Crippen LogP contribution in [0.25, 0.3) is 16.9 Å². The third-order valence-electron chi connectivity index (χ3n) is 8.38. The van der Waals surface area contributed by atoms with Gasteiger partial charge in [0.1, 0.15) is 6.33 Å². The van der Waals surface area contributed by atoms with E-state index in [4.69, 9.17) is 4.74 Å². The van der Waals surface area contributed by atoms with Gasteiger partial charge >= 0.3 is 0 Å². The van der Waals surface area contributed by atoms with Crippen molar-refractivity contribution in [2.45, 2.75) is 96.5 Å². The van der Waals surface area contributed by atoms with Gasteiger partial charge in [0.2, 0.25) is 5.78 Å². The molecule has 2 atom stereocenters. The van der Waals surface area contributed by atoms with Gasteiger partial charge in [0.15, 0.2) is 0 Å². The molecular weight excluding hydrogens is 514 g/mol. The fourth-order valence-corrected chi connectivity index (χ4v) is 5.88. The van der Waals surface area contributed by atoms with Crippen LogP contribution in [-0.2, 0) is 17.6 Å². The molecule has 1 aliphatic carbocycles. The van der Waals surface area contributed by atoms with Gasteiger partial charge in [0, 0.05) is 18.0 Å². The molecule has 2 aromatic carbocycles. The van der Waals surface area contributed by atoms with E-state index in [1.165, 1.54) is 0 Å². The zero-order chi connectivity index (χ0) is 28.9. The molecule has 5 rings (SSSR count). The van der Waals surface area contributed by atoms with E-state index < -0.39 is 6.10 Å². The lowest BCUT2D eigenvalue weighted by molar-refractivity contribution is -0.0758. The van der Waals surface area contributed by atoms with E-state index >= 15 is 0 Å². The maximum atomic E-state index is 14.3. The second kappa shape index (κ2) is 12.8. The lowest BCUT2D eigenvalue weighted by Gasteiger charge is -2.32. The van der Waals surface area contributed by atoms with Crippen molar-refractivity contribution < 1.29 is 9.84 Å². The third-order valence-corrected chi connectivity index (χ3v) is 8.38. The first kappa shape index (κ1) is 28.7. The quantitative estimate of drug-likeness (QED) is 0.273. The van der Waals surface area contributed by atoms with Crippen molar-refractivity contribution in [1.82, 2.24) is 19.2 Å². The van der Waals surface area contributed by atoms with Crippen molar-refractivity contribution in [2.75, 3.05) is 0 Å². The maximum absolute atomic E-state index is 14.3. The molecule has 214 valence electrons. The molecule has 1 N–H and O–H groups in total. The van der Waals surface area contributed by atoms with Crippen LogP contribution in [0.1, 0.15) is 87.7 Å². The van der Waals surface area contributed by atoms with Crippen LogP contribution in [0.3, 0.4) is 0 Å². The summed E-state index contributed by atoms with van der Waals surface area (Å²) in [5.74, 6) is 0.607. The van der Waals surface area contributed by atoms with Crippen LogP contribution in [0.15, 0.2) is 59.7 Å². The summed E-state index contributed by atoms with van der Waals surface area (Å²) in [7, 11) is 0. The van der Waals surface area contributed by atoms with Crippen molar-refractivity contribution in [3.8, 4) is 17.2 Å². The van der Waals surface area contributed by atoms with E-state index in [2.05, 4.69) is 23.1 Å². The SMILES string of the molecule is CCCCc1c(Cc2ccc(-c3ccccc3C#N)cc2)c(=O)n([C@H]2CC[C@H](OC(C)C(C)O)CC2)c2ncnn12. The van der Waals surface area contributed by atoms with Crippen LogP contribution in [0.2, 0.25) is 0 Å². The van der Waals surface area contributed by atoms with Crippen LogP contribution >= 0.6 is 0 Å². The number of benzene rings is 2. The lowest BCUT2D eigenvalue weighted by atomic mass is 9.92. The summed E-state index contributed by atoms with van der Waals surface area (Å²) in [5.41, 5.74) is 5.27. The highest BCUT2D eigenvalue weighted by Gasteiger charge is 2.29. The largest absolute Gasteiger partial charge is 0.391 e. The number of aryl methyl sites for hydroxylation is 1. The number of nitrogens with zero attached hydrogens (tertiary/aromatic N) is 5. The van der Waals surface area contributed by atoms with E-state index in [9.17, 15) is 15.2 Å². The van der Waals surface area contributed by atoms with Gasteiger partial charge < -0.3 is 9.84 Å². The fourth-order valence-electron chi connectivity index (χ4n) is 5.88. The normalized spacial score (nSPS) is 18.7. The molecule has 41 heavy (non-hydrogen) atoms. The Labute approximate surface area is 241 Å². The van der Waals surface area contributed by atoms with Crippen LogP contribution in [0.5, 0.6) is 0 Å². The van der Waals surface area contributed by atoms with Crippen LogP contribution in [0, 0.1) is 11.3 Å². The number of rotatable bonds is 10. The van der Waals surface area contributed by atoms with E-state index in [1.807, 2.05) is 64.5 Å². The molecule has 1 aliphatic rings. The smallest absolute Gasteiger partial charge is 0.259 e. The molecule has 0 saturated heterocycles. The van der Waals surface area contributed by atoms with Gasteiger partial charge in [-0.15, -0.1) is 0 Å². The van der Waals surface area contributed by atoms with Crippen LogP contribution < -0.4 is 5.56 Å². The number of unbranched alkanes of at least 4 members (excludes halogenated alkanes) is 1. The molecule has 0 spiro atoms. The molecule has 4 aromatic rings. The Kier molecular flexibility index (Phi) is 8.96. The number of hydrogen-bond donors (Lipinski definition) is 1. The second-order valence-corrected chi connectivity index (χ2v) is 11.2. The van der Waals surface area contributed by atoms with E-state index in [0.29, 0.717) is 17.8 Å². The van der Waals surface area contributed by atoms with Crippen LogP contribution in [-0.4, -0.2) is 42.6 Å². The lowest BCUT2D eigenvalue weighted by Crippen LogP contribution is -2.36. The third kappa shape index (κ3) is 6.12. The number of aliphatic hydroxyl groups is 1. The number of aliphatic hydroxyl groups excluding tert-OH is 1. The molecule has 1 fully saturated rings. The minimum atomic E-state index is -0.515. The highest BCUT2D eigenvalue weighted by molar-refractivity contribution is 5.70. The van der Waals surface area contributed by atoms with E-state index in [0.717, 1.165) is 72.9 Å². The average Bonchev–Trinajstić information content (AvgIpc) is 3.47. The molecule has 1 saturated carbocycles. The van der Waals surface area contributed by atoms with E-state index in [1.54, 1.807) is 13.3 Å². The predicted octanol–water partition coefficient (Wildman–Crippen LogP) is 5.63. The van der Waals surface area contributed by atoms with Gasteiger partial charge in [0.25, 0.3) is 5.56 Å². The monoisotopic (exact) mass is 553 g/mol. The highest BCUT2D eigenvalue weighted by Crippen LogP contribution is 2.32. The van der Waals surface area contributed by atoms with Crippen molar-refractivity contribution in [2.24, 2.45) is 0 Å². The first-order valence-electron chi connectivity index (χ1n) is 14.8. The molecule has 0 aliphatic heterocycles. The van der Waals surface area contributed by atoms with Crippen LogP contribution in [0.4, 0.5) is 0 Å². The number of aromatic nitrogens is 4. The second-order valence-electron chi connectivity index (χ2n) is 11.2. The van der Waals surface area contributed by atoms with Crippen molar-refractivity contribution in [3.05, 3.63) is 87.6 Å². The average molecular weight is 554 g/mol. The maximum Gasteiger partial charge on any atom is 0.259 e. The van der Waals surface area contributed by atoms with Crippen molar-refractivity contribution >= 4 is 5.78 Å². The molecule has 8 nitrogen and oxygen atoms in total. The Hall–Kier alpha value is -3.80. The van der Waals surface area contributed by atoms with Gasteiger partial charge in [-0.05, 0) is 75.1 Å². The predicted molar refractivity (Wildman–Crippen MR) is 159 cm³/mol. The number of nitriles is 1. The van der Waals surface area contributed by atoms with Gasteiger partial charge in [-0.3, -0.25) is 9.36 Å². The summed E-state index contributed by atoms with van der Waals surface area (Å²) < 4.78 is 9.82. The molecule has 8 heteroatoms. The summed E-state index contributed by atoms with van der Waals surface area (Å²) in [6, 6.07) is 18.0. The number of fused-ring (bicyclic) bond motifs is 1. The minimum Gasteiger partial charge on any atom is -0.391 e. The zero-order valence-corrected chi connectivity index (χ0v) is 24.2. The molecule has 2 aromatic heterocycles. The van der Waals surface area contributed by atoms with Gasteiger partial charge in [-0.2, -0.15) is 15.3 Å². The van der Waals surface area contributed by atoms with Crippen molar-refractivity contribution in [3.63, 3.8) is 0 Å². The highest BCUT2D eigenvalue weighted by atomic mass is 16.5. The molecule has 2 heterocycles. The zero-order valence-electron chi connectivity index (χ0n) is 24.2. The molecule has 0 bridgehead atoms.